The summed E-state index contributed by atoms with van der Waals surface area (Å²) in [5.41, 5.74) is 6.51. The van der Waals surface area contributed by atoms with Crippen LogP contribution in [0, 0.1) is 0 Å². The van der Waals surface area contributed by atoms with Gasteiger partial charge in [-0.1, -0.05) is 27.5 Å². The predicted octanol–water partition coefficient (Wildman–Crippen LogP) is 2.48. The lowest BCUT2D eigenvalue weighted by molar-refractivity contribution is 0.164. The van der Waals surface area contributed by atoms with Crippen LogP contribution in [-0.2, 0) is 0 Å². The van der Waals surface area contributed by atoms with Gasteiger partial charge < -0.3 is 10.8 Å². The fourth-order valence-electron chi connectivity index (χ4n) is 1.03. The van der Waals surface area contributed by atoms with Gasteiger partial charge in [-0.25, -0.2) is 0 Å². The average molecular weight is 265 g/mol. The highest BCUT2D eigenvalue weighted by Gasteiger charge is 2.15. The molecule has 0 heterocycles. The third-order valence-electron chi connectivity index (χ3n) is 1.84. The number of hydrogen-bond acceptors (Lipinski definition) is 2. The first kappa shape index (κ1) is 11.0. The SMILES string of the molecule is C[C@H](O)[C@H](N)c1cc(Br)ccc1Cl. The summed E-state index contributed by atoms with van der Waals surface area (Å²) >= 11 is 9.24. The Kier molecular flexibility index (Phi) is 3.74. The summed E-state index contributed by atoms with van der Waals surface area (Å²) in [6.07, 6.45) is -0.605. The predicted molar refractivity (Wildman–Crippen MR) is 57.8 cm³/mol. The van der Waals surface area contributed by atoms with Gasteiger partial charge in [0.1, 0.15) is 0 Å². The number of halogens is 2. The fourth-order valence-corrected chi connectivity index (χ4v) is 1.65. The van der Waals surface area contributed by atoms with Crippen molar-refractivity contribution in [2.75, 3.05) is 0 Å². The Labute approximate surface area is 90.8 Å². The molecule has 13 heavy (non-hydrogen) atoms. The van der Waals surface area contributed by atoms with E-state index in [1.54, 1.807) is 13.0 Å². The minimum atomic E-state index is -0.605. The van der Waals surface area contributed by atoms with Crippen LogP contribution in [0.15, 0.2) is 22.7 Å². The van der Waals surface area contributed by atoms with E-state index in [0.717, 1.165) is 10.0 Å². The van der Waals surface area contributed by atoms with Crippen molar-refractivity contribution in [3.63, 3.8) is 0 Å². The van der Waals surface area contributed by atoms with Gasteiger partial charge in [0.15, 0.2) is 0 Å². The molecule has 0 aromatic heterocycles. The van der Waals surface area contributed by atoms with Crippen LogP contribution in [-0.4, -0.2) is 11.2 Å². The van der Waals surface area contributed by atoms with Gasteiger partial charge in [0.05, 0.1) is 12.1 Å². The molecule has 0 aliphatic heterocycles. The van der Waals surface area contributed by atoms with Gasteiger partial charge in [-0.05, 0) is 30.7 Å². The number of aliphatic hydroxyl groups is 1. The molecule has 0 saturated heterocycles. The summed E-state index contributed by atoms with van der Waals surface area (Å²) in [5.74, 6) is 0. The van der Waals surface area contributed by atoms with Gasteiger partial charge >= 0.3 is 0 Å². The topological polar surface area (TPSA) is 46.2 Å². The lowest BCUT2D eigenvalue weighted by Crippen LogP contribution is -2.23. The molecular weight excluding hydrogens is 253 g/mol. The molecule has 0 aliphatic carbocycles. The van der Waals surface area contributed by atoms with Crippen molar-refractivity contribution < 1.29 is 5.11 Å². The number of nitrogens with two attached hydrogens (primary N) is 1. The second-order valence-corrected chi connectivity index (χ2v) is 4.26. The van der Waals surface area contributed by atoms with Crippen LogP contribution in [0.2, 0.25) is 5.02 Å². The second kappa shape index (κ2) is 4.42. The summed E-state index contributed by atoms with van der Waals surface area (Å²) in [6, 6.07) is 4.97. The van der Waals surface area contributed by atoms with E-state index in [4.69, 9.17) is 17.3 Å². The van der Waals surface area contributed by atoms with E-state index in [-0.39, 0.29) is 0 Å². The van der Waals surface area contributed by atoms with Crippen molar-refractivity contribution in [1.82, 2.24) is 0 Å². The molecule has 0 fully saturated rings. The van der Waals surface area contributed by atoms with E-state index >= 15 is 0 Å². The summed E-state index contributed by atoms with van der Waals surface area (Å²) in [7, 11) is 0. The molecule has 0 amide bonds. The summed E-state index contributed by atoms with van der Waals surface area (Å²) in [6.45, 7) is 1.64. The Morgan fingerprint density at radius 2 is 2.15 bits per heavy atom. The van der Waals surface area contributed by atoms with E-state index in [1.165, 1.54) is 0 Å². The molecule has 1 rings (SSSR count). The smallest absolute Gasteiger partial charge is 0.0705 e. The summed E-state index contributed by atoms with van der Waals surface area (Å²) in [4.78, 5) is 0. The molecule has 1 aromatic rings. The van der Waals surface area contributed by atoms with Crippen LogP contribution in [0.25, 0.3) is 0 Å². The maximum absolute atomic E-state index is 9.29. The Morgan fingerprint density at radius 3 is 2.69 bits per heavy atom. The van der Waals surface area contributed by atoms with Gasteiger partial charge in [-0.3, -0.25) is 0 Å². The molecule has 0 aliphatic rings. The molecular formula is C9H11BrClNO. The van der Waals surface area contributed by atoms with Gasteiger partial charge in [0.25, 0.3) is 0 Å². The van der Waals surface area contributed by atoms with Crippen LogP contribution in [0.3, 0.4) is 0 Å². The number of hydrogen-bond donors (Lipinski definition) is 2. The van der Waals surface area contributed by atoms with E-state index < -0.39 is 12.1 Å². The lowest BCUT2D eigenvalue weighted by Gasteiger charge is -2.16. The zero-order valence-electron chi connectivity index (χ0n) is 7.17. The third kappa shape index (κ3) is 2.68. The first-order valence-corrected chi connectivity index (χ1v) is 5.08. The molecule has 0 radical (unpaired) electrons. The number of aliphatic hydroxyl groups excluding tert-OH is 1. The quantitative estimate of drug-likeness (QED) is 0.862. The van der Waals surface area contributed by atoms with Crippen molar-refractivity contribution in [1.29, 1.82) is 0 Å². The van der Waals surface area contributed by atoms with E-state index in [1.807, 2.05) is 12.1 Å². The zero-order chi connectivity index (χ0) is 10.0. The van der Waals surface area contributed by atoms with Gasteiger partial charge in [-0.2, -0.15) is 0 Å². The van der Waals surface area contributed by atoms with Crippen molar-refractivity contribution >= 4 is 27.5 Å². The maximum Gasteiger partial charge on any atom is 0.0705 e. The van der Waals surface area contributed by atoms with Crippen LogP contribution in [0.1, 0.15) is 18.5 Å². The normalized spacial score (nSPS) is 15.5. The number of rotatable bonds is 2. The van der Waals surface area contributed by atoms with E-state index in [2.05, 4.69) is 15.9 Å². The lowest BCUT2D eigenvalue weighted by atomic mass is 10.0. The Hall–Kier alpha value is -0.0900. The minimum absolute atomic E-state index is 0.440. The fraction of sp³-hybridized carbons (Fsp3) is 0.333. The molecule has 72 valence electrons. The minimum Gasteiger partial charge on any atom is -0.391 e. The highest BCUT2D eigenvalue weighted by Crippen LogP contribution is 2.26. The third-order valence-corrected chi connectivity index (χ3v) is 2.67. The Balaban J connectivity index is 3.05. The van der Waals surface area contributed by atoms with Crippen LogP contribution < -0.4 is 5.73 Å². The van der Waals surface area contributed by atoms with Crippen LogP contribution in [0.4, 0.5) is 0 Å². The summed E-state index contributed by atoms with van der Waals surface area (Å²) in [5, 5.41) is 9.87. The van der Waals surface area contributed by atoms with E-state index in [9.17, 15) is 5.11 Å². The van der Waals surface area contributed by atoms with Crippen molar-refractivity contribution in [3.8, 4) is 0 Å². The molecule has 0 unspecified atom stereocenters. The molecule has 1 aromatic carbocycles. The molecule has 2 nitrogen and oxygen atoms in total. The van der Waals surface area contributed by atoms with Crippen molar-refractivity contribution in [2.45, 2.75) is 19.1 Å². The average Bonchev–Trinajstić information content (AvgIpc) is 2.08. The monoisotopic (exact) mass is 263 g/mol. The second-order valence-electron chi connectivity index (χ2n) is 2.93. The zero-order valence-corrected chi connectivity index (χ0v) is 9.51. The molecule has 4 heteroatoms. The van der Waals surface area contributed by atoms with Crippen LogP contribution in [0.5, 0.6) is 0 Å². The van der Waals surface area contributed by atoms with Gasteiger partial charge in [0, 0.05) is 9.50 Å². The maximum atomic E-state index is 9.29. The highest BCUT2D eigenvalue weighted by atomic mass is 79.9. The molecule has 2 atom stereocenters. The van der Waals surface area contributed by atoms with E-state index in [0.29, 0.717) is 5.02 Å². The highest BCUT2D eigenvalue weighted by molar-refractivity contribution is 9.10. The molecule has 0 saturated carbocycles. The first-order chi connectivity index (χ1) is 6.02. The van der Waals surface area contributed by atoms with Crippen LogP contribution >= 0.6 is 27.5 Å². The van der Waals surface area contributed by atoms with Crippen molar-refractivity contribution in [3.05, 3.63) is 33.3 Å². The van der Waals surface area contributed by atoms with Crippen molar-refractivity contribution in [2.24, 2.45) is 5.73 Å². The standard InChI is InChI=1S/C9H11BrClNO/c1-5(13)9(12)7-4-6(10)2-3-8(7)11/h2-5,9,13H,12H2,1H3/t5-,9-/m0/s1. The number of benzene rings is 1. The Bertz CT molecular complexity index is 304. The van der Waals surface area contributed by atoms with Gasteiger partial charge in [0.2, 0.25) is 0 Å². The molecule has 3 N–H and O–H groups in total. The summed E-state index contributed by atoms with van der Waals surface area (Å²) < 4.78 is 0.906. The first-order valence-electron chi connectivity index (χ1n) is 3.91. The molecule has 0 spiro atoms. The largest absolute Gasteiger partial charge is 0.391 e. The molecule has 0 bridgehead atoms. The Morgan fingerprint density at radius 1 is 1.54 bits per heavy atom. The van der Waals surface area contributed by atoms with Gasteiger partial charge in [-0.15, -0.1) is 0 Å².